The third-order valence-electron chi connectivity index (χ3n) is 4.06. The molecule has 0 heterocycles. The van der Waals surface area contributed by atoms with E-state index in [2.05, 4.69) is 16.9 Å². The van der Waals surface area contributed by atoms with Crippen LogP contribution in [0.4, 0.5) is 4.79 Å². The minimum atomic E-state index is -3.74. The normalized spacial score (nSPS) is 13.8. The number of sulfone groups is 1. The van der Waals surface area contributed by atoms with Crippen molar-refractivity contribution in [1.82, 2.24) is 4.90 Å². The van der Waals surface area contributed by atoms with Gasteiger partial charge in [0.15, 0.2) is 9.84 Å². The summed E-state index contributed by atoms with van der Waals surface area (Å²) in [5, 5.41) is 3.62. The van der Waals surface area contributed by atoms with Crippen LogP contribution in [0.2, 0.25) is 0 Å². The Labute approximate surface area is 200 Å². The lowest BCUT2D eigenvalue weighted by Crippen LogP contribution is -2.26. The van der Waals surface area contributed by atoms with Crippen LogP contribution in [0.5, 0.6) is 5.75 Å². The highest BCUT2D eigenvalue weighted by atomic mass is 32.7. The second-order valence-corrected chi connectivity index (χ2v) is 13.1. The van der Waals surface area contributed by atoms with Crippen molar-refractivity contribution in [2.75, 3.05) is 39.3 Å². The highest BCUT2D eigenvalue weighted by Crippen LogP contribution is 2.60. The lowest BCUT2D eigenvalue weighted by atomic mass is 10.2. The SMILES string of the molecule is CCCCCCS(=O)(=O)c1ccc(OP(=O)(OCC)SCC(=NOC)OC(=O)N(C)C)cc1. The summed E-state index contributed by atoms with van der Waals surface area (Å²) in [5.41, 5.74) is 0. The highest BCUT2D eigenvalue weighted by molar-refractivity contribution is 8.55. The Morgan fingerprint density at radius 1 is 1.12 bits per heavy atom. The second kappa shape index (κ2) is 14.5. The third-order valence-corrected chi connectivity index (χ3v) is 9.46. The van der Waals surface area contributed by atoms with Crippen LogP contribution in [0.25, 0.3) is 0 Å². The van der Waals surface area contributed by atoms with Gasteiger partial charge in [0.2, 0.25) is 5.90 Å². The molecule has 1 aromatic rings. The smallest absolute Gasteiger partial charge is 0.417 e. The first-order chi connectivity index (χ1) is 15.6. The highest BCUT2D eigenvalue weighted by Gasteiger charge is 2.29. The third kappa shape index (κ3) is 10.8. The topological polar surface area (TPSA) is 121 Å². The first kappa shape index (κ1) is 29.3. The lowest BCUT2D eigenvalue weighted by molar-refractivity contribution is 0.157. The number of amides is 1. The van der Waals surface area contributed by atoms with Gasteiger partial charge in [0.05, 0.1) is 23.0 Å². The molecule has 0 saturated carbocycles. The zero-order chi connectivity index (χ0) is 24.9. The van der Waals surface area contributed by atoms with E-state index in [1.165, 1.54) is 50.4 Å². The van der Waals surface area contributed by atoms with Crippen molar-refractivity contribution in [3.8, 4) is 5.75 Å². The molecule has 1 atom stereocenters. The number of carbonyl (C=O) groups is 1. The first-order valence-electron chi connectivity index (χ1n) is 10.5. The fraction of sp³-hybridized carbons (Fsp3) is 0.600. The van der Waals surface area contributed by atoms with Gasteiger partial charge >= 0.3 is 12.9 Å². The molecule has 0 fully saturated rings. The quantitative estimate of drug-likeness (QED) is 0.109. The summed E-state index contributed by atoms with van der Waals surface area (Å²) >= 11 is 0.757. The molecule has 1 rings (SSSR count). The van der Waals surface area contributed by atoms with Crippen molar-refractivity contribution in [1.29, 1.82) is 0 Å². The number of nitrogens with zero attached hydrogens (tertiary/aromatic N) is 2. The summed E-state index contributed by atoms with van der Waals surface area (Å²) in [6.45, 7) is 0.0761. The van der Waals surface area contributed by atoms with E-state index >= 15 is 0 Å². The summed E-state index contributed by atoms with van der Waals surface area (Å²) in [4.78, 5) is 17.8. The van der Waals surface area contributed by atoms with E-state index in [0.29, 0.717) is 6.42 Å². The lowest BCUT2D eigenvalue weighted by Gasteiger charge is -2.18. The molecule has 0 aromatic heterocycles. The molecule has 0 spiro atoms. The largest absolute Gasteiger partial charge is 0.440 e. The Hall–Kier alpha value is -1.75. The molecule has 1 aromatic carbocycles. The Balaban J connectivity index is 2.86. The van der Waals surface area contributed by atoms with E-state index in [0.717, 1.165) is 30.6 Å². The molecular weight excluding hydrogens is 491 g/mol. The molecule has 0 bridgehead atoms. The van der Waals surface area contributed by atoms with E-state index in [1.807, 2.05) is 0 Å². The van der Waals surface area contributed by atoms with Crippen LogP contribution in [0.1, 0.15) is 39.5 Å². The molecule has 188 valence electrons. The van der Waals surface area contributed by atoms with Gasteiger partial charge in [-0.25, -0.2) is 17.8 Å². The van der Waals surface area contributed by atoms with Gasteiger partial charge in [0.25, 0.3) is 0 Å². The van der Waals surface area contributed by atoms with Gasteiger partial charge in [-0.2, -0.15) is 0 Å². The van der Waals surface area contributed by atoms with Gasteiger partial charge in [0, 0.05) is 14.1 Å². The van der Waals surface area contributed by atoms with E-state index in [-0.39, 0.29) is 34.7 Å². The number of rotatable bonds is 14. The molecule has 0 aliphatic rings. The van der Waals surface area contributed by atoms with E-state index < -0.39 is 22.7 Å². The van der Waals surface area contributed by atoms with Crippen LogP contribution in [-0.4, -0.2) is 64.6 Å². The van der Waals surface area contributed by atoms with Crippen molar-refractivity contribution >= 4 is 40.0 Å². The first-order valence-corrected chi connectivity index (χ1v) is 15.3. The fourth-order valence-corrected chi connectivity index (χ4v) is 6.81. The number of hydrogen-bond acceptors (Lipinski definition) is 10. The number of oxime groups is 1. The van der Waals surface area contributed by atoms with Crippen molar-refractivity contribution < 1.29 is 36.4 Å². The van der Waals surface area contributed by atoms with E-state index in [1.54, 1.807) is 6.92 Å². The number of benzene rings is 1. The van der Waals surface area contributed by atoms with E-state index in [4.69, 9.17) is 13.8 Å². The maximum atomic E-state index is 13.1. The van der Waals surface area contributed by atoms with Gasteiger partial charge in [-0.1, -0.05) is 31.3 Å². The predicted molar refractivity (Wildman–Crippen MR) is 130 cm³/mol. The molecule has 0 N–H and O–H groups in total. The summed E-state index contributed by atoms with van der Waals surface area (Å²) in [7, 11) is 0.889. The van der Waals surface area contributed by atoms with Crippen LogP contribution < -0.4 is 4.52 Å². The summed E-state index contributed by atoms with van der Waals surface area (Å²) < 4.78 is 54.0. The molecule has 0 aliphatic heterocycles. The van der Waals surface area contributed by atoms with E-state index in [9.17, 15) is 17.8 Å². The number of hydrogen-bond donors (Lipinski definition) is 0. The second-order valence-electron chi connectivity index (χ2n) is 7.01. The van der Waals surface area contributed by atoms with Crippen LogP contribution in [0.3, 0.4) is 0 Å². The molecule has 10 nitrogen and oxygen atoms in total. The zero-order valence-electron chi connectivity index (χ0n) is 19.7. The summed E-state index contributed by atoms with van der Waals surface area (Å²) in [5.74, 6) is 0.0110. The molecule has 0 saturated heterocycles. The van der Waals surface area contributed by atoms with Crippen molar-refractivity contribution in [3.05, 3.63) is 24.3 Å². The average molecular weight is 525 g/mol. The average Bonchev–Trinajstić information content (AvgIpc) is 2.76. The Morgan fingerprint density at radius 2 is 1.79 bits per heavy atom. The maximum Gasteiger partial charge on any atom is 0.440 e. The molecule has 1 unspecified atom stereocenters. The monoisotopic (exact) mass is 524 g/mol. The van der Waals surface area contributed by atoms with Gasteiger partial charge in [-0.3, -0.25) is 4.52 Å². The standard InChI is InChI=1S/C20H33N2O8PS2/c1-6-8-9-10-15-33(25,26)18-13-11-17(12-14-18)30-31(24,28-7-2)32-16-19(21-27-5)29-20(23)22(3)4/h11-14H,6-10,15-16H2,1-5H3. The zero-order valence-corrected chi connectivity index (χ0v) is 22.2. The number of carbonyl (C=O) groups excluding carboxylic acids is 1. The van der Waals surface area contributed by atoms with Crippen molar-refractivity contribution in [2.24, 2.45) is 5.16 Å². The molecule has 0 aliphatic carbocycles. The van der Waals surface area contributed by atoms with Crippen LogP contribution >= 0.6 is 18.2 Å². The number of unbranched alkanes of at least 4 members (excludes halogenated alkanes) is 3. The number of ether oxygens (including phenoxy) is 1. The van der Waals surface area contributed by atoms with Gasteiger partial charge in [-0.15, -0.1) is 0 Å². The summed E-state index contributed by atoms with van der Waals surface area (Å²) in [6, 6.07) is 5.70. The Kier molecular flexibility index (Phi) is 12.9. The predicted octanol–water partition coefficient (Wildman–Crippen LogP) is 4.96. The van der Waals surface area contributed by atoms with Gasteiger partial charge in [-0.05, 0) is 49.0 Å². The molecule has 33 heavy (non-hydrogen) atoms. The van der Waals surface area contributed by atoms with Crippen molar-refractivity contribution in [2.45, 2.75) is 44.4 Å². The minimum absolute atomic E-state index is 0.0772. The van der Waals surface area contributed by atoms with Crippen LogP contribution in [0.15, 0.2) is 34.3 Å². The van der Waals surface area contributed by atoms with Gasteiger partial charge < -0.3 is 19.0 Å². The van der Waals surface area contributed by atoms with Gasteiger partial charge in [0.1, 0.15) is 12.9 Å². The molecule has 1 amide bonds. The fourth-order valence-electron chi connectivity index (χ4n) is 2.42. The van der Waals surface area contributed by atoms with Crippen molar-refractivity contribution in [3.63, 3.8) is 0 Å². The molecule has 13 heteroatoms. The maximum absolute atomic E-state index is 13.1. The molecular formula is C20H33N2O8PS2. The summed E-state index contributed by atoms with van der Waals surface area (Å²) in [6.07, 6.45) is 2.82. The van der Waals surface area contributed by atoms with Crippen LogP contribution in [0, 0.1) is 0 Å². The Bertz CT molecular complexity index is 920. The van der Waals surface area contributed by atoms with Crippen LogP contribution in [-0.2, 0) is 28.5 Å². The minimum Gasteiger partial charge on any atom is -0.417 e. The Morgan fingerprint density at radius 3 is 2.33 bits per heavy atom. The molecule has 0 radical (unpaired) electrons.